The van der Waals surface area contributed by atoms with Gasteiger partial charge in [-0.25, -0.2) is 9.78 Å². The molecule has 32 heavy (non-hydrogen) atoms. The lowest BCUT2D eigenvalue weighted by Crippen LogP contribution is -2.43. The Morgan fingerprint density at radius 2 is 1.94 bits per heavy atom. The molecule has 2 aromatic heterocycles. The monoisotopic (exact) mass is 453 g/mol. The number of nitrogens with zero attached hydrogens (tertiary/aromatic N) is 2. The number of fused-ring (bicyclic) bond motifs is 1. The zero-order chi connectivity index (χ0) is 23.5. The summed E-state index contributed by atoms with van der Waals surface area (Å²) in [4.78, 5) is 16.5. The number of aromatic amines is 1. The number of halogens is 3. The number of carbonyl (C=O) groups is 1. The molecular formula is C20H22F3N5O4. The summed E-state index contributed by atoms with van der Waals surface area (Å²) in [5.74, 6) is -0.0407. The van der Waals surface area contributed by atoms with Crippen molar-refractivity contribution >= 4 is 22.8 Å². The number of aliphatic hydroxyl groups excluding tert-OH is 1. The van der Waals surface area contributed by atoms with E-state index in [1.165, 1.54) is 12.3 Å². The van der Waals surface area contributed by atoms with Crippen LogP contribution in [-0.4, -0.2) is 55.9 Å². The number of hydrogen-bond acceptors (Lipinski definition) is 6. The van der Waals surface area contributed by atoms with Crippen LogP contribution in [0.3, 0.4) is 0 Å². The third-order valence-electron chi connectivity index (χ3n) is 4.52. The van der Waals surface area contributed by atoms with Crippen molar-refractivity contribution in [3.63, 3.8) is 0 Å². The predicted molar refractivity (Wildman–Crippen MR) is 109 cm³/mol. The predicted octanol–water partition coefficient (Wildman–Crippen LogP) is 2.89. The summed E-state index contributed by atoms with van der Waals surface area (Å²) in [5.41, 5.74) is -0.212. The third-order valence-corrected chi connectivity index (χ3v) is 4.52. The van der Waals surface area contributed by atoms with Gasteiger partial charge in [0.15, 0.2) is 6.10 Å². The number of H-pyrrole nitrogens is 1. The number of alkyl halides is 3. The van der Waals surface area contributed by atoms with Crippen LogP contribution in [0.1, 0.15) is 25.5 Å². The molecule has 3 aromatic rings. The number of nitrogens with one attached hydrogen (secondary N) is 3. The SMILES string of the molecule is CC(C)(O)[C@@H](NC(=O)Nc1cc2[nH]nc(OC[C@H](O)C(F)(F)F)c2cn1)c1ccccc1. The summed E-state index contributed by atoms with van der Waals surface area (Å²) in [6, 6.07) is 9.01. The largest absolute Gasteiger partial charge is 0.473 e. The van der Waals surface area contributed by atoms with Crippen molar-refractivity contribution in [2.75, 3.05) is 11.9 Å². The van der Waals surface area contributed by atoms with Crippen LogP contribution in [0.5, 0.6) is 5.88 Å². The first kappa shape index (κ1) is 23.3. The van der Waals surface area contributed by atoms with E-state index >= 15 is 0 Å². The molecular weight excluding hydrogens is 431 g/mol. The second-order valence-electron chi connectivity index (χ2n) is 7.61. The molecule has 0 unspecified atom stereocenters. The fourth-order valence-electron chi connectivity index (χ4n) is 2.92. The van der Waals surface area contributed by atoms with E-state index in [0.29, 0.717) is 11.1 Å². The number of aliphatic hydroxyl groups is 2. The van der Waals surface area contributed by atoms with Gasteiger partial charge in [0.25, 0.3) is 0 Å². The van der Waals surface area contributed by atoms with Crippen LogP contribution in [0.2, 0.25) is 0 Å². The maximum atomic E-state index is 12.5. The summed E-state index contributed by atoms with van der Waals surface area (Å²) < 4.78 is 42.1. The molecule has 0 spiro atoms. The number of pyridine rings is 1. The summed E-state index contributed by atoms with van der Waals surface area (Å²) in [6.45, 7) is 2.11. The molecule has 0 saturated heterocycles. The minimum absolute atomic E-state index is 0.128. The minimum atomic E-state index is -4.81. The maximum absolute atomic E-state index is 12.5. The van der Waals surface area contributed by atoms with Gasteiger partial charge in [-0.15, -0.1) is 5.10 Å². The topological polar surface area (TPSA) is 132 Å². The molecule has 1 aromatic carbocycles. The van der Waals surface area contributed by atoms with Crippen molar-refractivity contribution in [1.29, 1.82) is 0 Å². The van der Waals surface area contributed by atoms with Crippen molar-refractivity contribution < 1.29 is 32.9 Å². The molecule has 2 amide bonds. The Hall–Kier alpha value is -3.38. The van der Waals surface area contributed by atoms with Gasteiger partial charge in [0, 0.05) is 12.3 Å². The van der Waals surface area contributed by atoms with Crippen LogP contribution in [0.4, 0.5) is 23.8 Å². The highest BCUT2D eigenvalue weighted by molar-refractivity contribution is 5.92. The lowest BCUT2D eigenvalue weighted by Gasteiger charge is -2.30. The van der Waals surface area contributed by atoms with E-state index < -0.39 is 36.6 Å². The van der Waals surface area contributed by atoms with E-state index in [1.54, 1.807) is 38.1 Å². The second-order valence-corrected chi connectivity index (χ2v) is 7.61. The Balaban J connectivity index is 1.69. The average Bonchev–Trinajstić information content (AvgIpc) is 3.11. The molecule has 0 fully saturated rings. The van der Waals surface area contributed by atoms with E-state index in [-0.39, 0.29) is 17.1 Å². The summed E-state index contributed by atoms with van der Waals surface area (Å²) in [6.07, 6.45) is -6.20. The number of hydrogen-bond donors (Lipinski definition) is 5. The number of aromatic nitrogens is 3. The summed E-state index contributed by atoms with van der Waals surface area (Å²) in [7, 11) is 0. The van der Waals surface area contributed by atoms with Crippen molar-refractivity contribution in [3.05, 3.63) is 48.2 Å². The second kappa shape index (κ2) is 9.01. The van der Waals surface area contributed by atoms with Crippen molar-refractivity contribution in [2.24, 2.45) is 0 Å². The number of amides is 2. The fourth-order valence-corrected chi connectivity index (χ4v) is 2.92. The average molecular weight is 453 g/mol. The first-order chi connectivity index (χ1) is 14.9. The molecule has 0 saturated carbocycles. The first-order valence-electron chi connectivity index (χ1n) is 9.51. The van der Waals surface area contributed by atoms with Gasteiger partial charge in [0.05, 0.1) is 22.5 Å². The van der Waals surface area contributed by atoms with Gasteiger partial charge >= 0.3 is 12.2 Å². The van der Waals surface area contributed by atoms with Crippen LogP contribution >= 0.6 is 0 Å². The molecule has 9 nitrogen and oxygen atoms in total. The van der Waals surface area contributed by atoms with Crippen LogP contribution < -0.4 is 15.4 Å². The van der Waals surface area contributed by atoms with Crippen molar-refractivity contribution in [1.82, 2.24) is 20.5 Å². The Bertz CT molecular complexity index is 1070. The molecule has 172 valence electrons. The molecule has 0 radical (unpaired) electrons. The quantitative estimate of drug-likeness (QED) is 0.374. The number of rotatable bonds is 7. The Morgan fingerprint density at radius 3 is 2.56 bits per heavy atom. The zero-order valence-corrected chi connectivity index (χ0v) is 17.1. The highest BCUT2D eigenvalue weighted by atomic mass is 19.4. The van der Waals surface area contributed by atoms with Crippen LogP contribution in [-0.2, 0) is 0 Å². The lowest BCUT2D eigenvalue weighted by atomic mass is 9.92. The molecule has 0 aliphatic carbocycles. The van der Waals surface area contributed by atoms with E-state index in [0.717, 1.165) is 0 Å². The van der Waals surface area contributed by atoms with E-state index in [9.17, 15) is 23.1 Å². The highest BCUT2D eigenvalue weighted by Crippen LogP contribution is 2.27. The number of urea groups is 1. The van der Waals surface area contributed by atoms with Crippen molar-refractivity contribution in [2.45, 2.75) is 37.8 Å². The van der Waals surface area contributed by atoms with Crippen LogP contribution in [0.15, 0.2) is 42.6 Å². The Kier molecular flexibility index (Phi) is 6.55. The highest BCUT2D eigenvalue weighted by Gasteiger charge is 2.39. The Labute approximate surface area is 180 Å². The molecule has 0 bridgehead atoms. The zero-order valence-electron chi connectivity index (χ0n) is 17.1. The van der Waals surface area contributed by atoms with Gasteiger partial charge < -0.3 is 20.3 Å². The normalized spacial score (nSPS) is 14.1. The number of carbonyl (C=O) groups excluding carboxylic acids is 1. The molecule has 5 N–H and O–H groups in total. The van der Waals surface area contributed by atoms with Gasteiger partial charge in [0.1, 0.15) is 12.4 Å². The molecule has 2 atom stereocenters. The van der Waals surface area contributed by atoms with Gasteiger partial charge in [-0.3, -0.25) is 10.4 Å². The number of benzene rings is 1. The van der Waals surface area contributed by atoms with Gasteiger partial charge in [-0.05, 0) is 19.4 Å². The fraction of sp³-hybridized carbons (Fsp3) is 0.350. The first-order valence-corrected chi connectivity index (χ1v) is 9.51. The van der Waals surface area contributed by atoms with Crippen LogP contribution in [0, 0.1) is 0 Å². The maximum Gasteiger partial charge on any atom is 0.417 e. The molecule has 0 aliphatic rings. The minimum Gasteiger partial charge on any atom is -0.473 e. The molecule has 0 aliphatic heterocycles. The van der Waals surface area contributed by atoms with E-state index in [1.807, 2.05) is 6.07 Å². The van der Waals surface area contributed by atoms with E-state index in [2.05, 4.69) is 25.8 Å². The smallest absolute Gasteiger partial charge is 0.417 e. The van der Waals surface area contributed by atoms with Gasteiger partial charge in [0.2, 0.25) is 5.88 Å². The summed E-state index contributed by atoms with van der Waals surface area (Å²) in [5, 5.41) is 31.3. The number of ether oxygens (including phenoxy) is 1. The number of anilines is 1. The van der Waals surface area contributed by atoms with Crippen LogP contribution in [0.25, 0.3) is 10.9 Å². The van der Waals surface area contributed by atoms with Gasteiger partial charge in [-0.2, -0.15) is 13.2 Å². The van der Waals surface area contributed by atoms with Gasteiger partial charge in [-0.1, -0.05) is 30.3 Å². The van der Waals surface area contributed by atoms with E-state index in [4.69, 9.17) is 9.84 Å². The lowest BCUT2D eigenvalue weighted by molar-refractivity contribution is -0.210. The molecule has 3 rings (SSSR count). The molecule has 12 heteroatoms. The summed E-state index contributed by atoms with van der Waals surface area (Å²) >= 11 is 0. The Morgan fingerprint density at radius 1 is 1.25 bits per heavy atom. The molecule has 2 heterocycles. The third kappa shape index (κ3) is 5.65. The van der Waals surface area contributed by atoms with Crippen molar-refractivity contribution in [3.8, 4) is 5.88 Å². The standard InChI is InChI=1S/C20H22F3N5O4/c1-19(2,31)16(11-6-4-3-5-7-11)26-18(30)25-15-8-13-12(9-24-15)17(28-27-13)32-10-14(29)20(21,22)23/h3-9,14,16,29,31H,10H2,1-2H3,(H,27,28)(H2,24,25,26,30)/t14-,16-/m0/s1.